The SMILES string of the molecule is Cc1ccc(Cn2nc(C)c(NC(=O)Nc3cccc(Br)c3)c2C)cc1. The van der Waals surface area contributed by atoms with Crippen LogP contribution in [-0.4, -0.2) is 15.8 Å². The third-order valence-corrected chi connectivity index (χ3v) is 4.65. The van der Waals surface area contributed by atoms with Gasteiger partial charge in [0.05, 0.1) is 23.6 Å². The van der Waals surface area contributed by atoms with E-state index in [9.17, 15) is 4.79 Å². The molecule has 0 unspecified atom stereocenters. The molecule has 1 aromatic heterocycles. The average molecular weight is 413 g/mol. The van der Waals surface area contributed by atoms with Crippen LogP contribution in [0.3, 0.4) is 0 Å². The van der Waals surface area contributed by atoms with Gasteiger partial charge in [-0.2, -0.15) is 5.10 Å². The summed E-state index contributed by atoms with van der Waals surface area (Å²) >= 11 is 3.40. The quantitative estimate of drug-likeness (QED) is 0.613. The minimum absolute atomic E-state index is 0.288. The molecule has 0 atom stereocenters. The van der Waals surface area contributed by atoms with E-state index in [0.29, 0.717) is 6.54 Å². The van der Waals surface area contributed by atoms with E-state index in [0.717, 1.165) is 27.2 Å². The lowest BCUT2D eigenvalue weighted by Gasteiger charge is -2.09. The predicted octanol–water partition coefficient (Wildman–Crippen LogP) is 5.26. The highest BCUT2D eigenvalue weighted by molar-refractivity contribution is 9.10. The number of carbonyl (C=O) groups excluding carboxylic acids is 1. The van der Waals surface area contributed by atoms with Crippen LogP contribution in [0.2, 0.25) is 0 Å². The van der Waals surface area contributed by atoms with Gasteiger partial charge in [0.1, 0.15) is 0 Å². The Morgan fingerprint density at radius 2 is 1.81 bits per heavy atom. The predicted molar refractivity (Wildman–Crippen MR) is 109 cm³/mol. The summed E-state index contributed by atoms with van der Waals surface area (Å²) < 4.78 is 2.82. The largest absolute Gasteiger partial charge is 0.323 e. The van der Waals surface area contributed by atoms with Gasteiger partial charge in [0.2, 0.25) is 0 Å². The van der Waals surface area contributed by atoms with Crippen molar-refractivity contribution >= 4 is 33.3 Å². The fourth-order valence-electron chi connectivity index (χ4n) is 2.74. The number of aryl methyl sites for hydroxylation is 2. The number of hydrogen-bond acceptors (Lipinski definition) is 2. The molecule has 0 aliphatic heterocycles. The van der Waals surface area contributed by atoms with E-state index < -0.39 is 0 Å². The van der Waals surface area contributed by atoms with Crippen LogP contribution in [0.1, 0.15) is 22.5 Å². The Bertz CT molecular complexity index is 931. The number of nitrogens with zero attached hydrogens (tertiary/aromatic N) is 2. The summed E-state index contributed by atoms with van der Waals surface area (Å²) in [5, 5.41) is 10.3. The maximum atomic E-state index is 12.3. The Hall–Kier alpha value is -2.60. The topological polar surface area (TPSA) is 59.0 Å². The number of carbonyl (C=O) groups is 1. The Morgan fingerprint density at radius 1 is 1.08 bits per heavy atom. The summed E-state index contributed by atoms with van der Waals surface area (Å²) in [6.07, 6.45) is 0. The van der Waals surface area contributed by atoms with Crippen LogP contribution >= 0.6 is 15.9 Å². The molecule has 0 fully saturated rings. The summed E-state index contributed by atoms with van der Waals surface area (Å²) in [5.74, 6) is 0. The third kappa shape index (κ3) is 4.32. The molecule has 134 valence electrons. The monoisotopic (exact) mass is 412 g/mol. The first-order valence-electron chi connectivity index (χ1n) is 8.35. The summed E-state index contributed by atoms with van der Waals surface area (Å²) in [6, 6.07) is 15.5. The number of hydrogen-bond donors (Lipinski definition) is 2. The van der Waals surface area contributed by atoms with Crippen molar-refractivity contribution in [2.75, 3.05) is 10.6 Å². The molecular formula is C20H21BrN4O. The Kier molecular flexibility index (Phi) is 5.42. The molecule has 2 amide bonds. The van der Waals surface area contributed by atoms with Gasteiger partial charge in [0.15, 0.2) is 0 Å². The zero-order chi connectivity index (χ0) is 18.7. The molecule has 0 radical (unpaired) electrons. The van der Waals surface area contributed by atoms with Crippen LogP contribution in [0.4, 0.5) is 16.2 Å². The molecule has 3 aromatic rings. The van der Waals surface area contributed by atoms with Crippen molar-refractivity contribution < 1.29 is 4.79 Å². The molecule has 0 bridgehead atoms. The molecule has 5 nitrogen and oxygen atoms in total. The standard InChI is InChI=1S/C20H21BrN4O/c1-13-7-9-16(10-8-13)12-25-15(3)19(14(2)24-25)23-20(26)22-18-6-4-5-17(21)11-18/h4-11H,12H2,1-3H3,(H2,22,23,26). The molecule has 0 saturated carbocycles. The van der Waals surface area contributed by atoms with E-state index in [1.807, 2.05) is 42.8 Å². The highest BCUT2D eigenvalue weighted by Gasteiger charge is 2.14. The van der Waals surface area contributed by atoms with Crippen LogP contribution in [0.15, 0.2) is 53.0 Å². The Labute approximate surface area is 161 Å². The van der Waals surface area contributed by atoms with Gasteiger partial charge in [-0.25, -0.2) is 4.79 Å². The van der Waals surface area contributed by atoms with Crippen LogP contribution in [0.25, 0.3) is 0 Å². The zero-order valence-corrected chi connectivity index (χ0v) is 16.6. The summed E-state index contributed by atoms with van der Waals surface area (Å²) in [5.41, 5.74) is 5.58. The van der Waals surface area contributed by atoms with E-state index in [1.54, 1.807) is 0 Å². The molecule has 26 heavy (non-hydrogen) atoms. The fraction of sp³-hybridized carbons (Fsp3) is 0.200. The number of halogens is 1. The molecule has 2 aromatic carbocycles. The summed E-state index contributed by atoms with van der Waals surface area (Å²) in [7, 11) is 0. The van der Waals surface area contributed by atoms with E-state index in [4.69, 9.17) is 0 Å². The smallest absolute Gasteiger partial charge is 0.308 e. The van der Waals surface area contributed by atoms with Crippen molar-refractivity contribution in [3.63, 3.8) is 0 Å². The molecule has 0 aliphatic carbocycles. The lowest BCUT2D eigenvalue weighted by Crippen LogP contribution is -2.20. The first-order valence-corrected chi connectivity index (χ1v) is 9.15. The molecule has 0 aliphatic rings. The van der Waals surface area contributed by atoms with E-state index >= 15 is 0 Å². The lowest BCUT2D eigenvalue weighted by molar-refractivity contribution is 0.262. The molecule has 0 spiro atoms. The van der Waals surface area contributed by atoms with Gasteiger partial charge in [0.25, 0.3) is 0 Å². The maximum absolute atomic E-state index is 12.3. The van der Waals surface area contributed by atoms with Crippen molar-refractivity contribution in [3.05, 3.63) is 75.5 Å². The number of benzene rings is 2. The van der Waals surface area contributed by atoms with Gasteiger partial charge in [0, 0.05) is 10.2 Å². The van der Waals surface area contributed by atoms with Crippen molar-refractivity contribution in [2.45, 2.75) is 27.3 Å². The maximum Gasteiger partial charge on any atom is 0.323 e. The van der Waals surface area contributed by atoms with Gasteiger partial charge in [-0.1, -0.05) is 51.8 Å². The number of nitrogens with one attached hydrogen (secondary N) is 2. The molecule has 2 N–H and O–H groups in total. The average Bonchev–Trinajstić information content (AvgIpc) is 2.84. The van der Waals surface area contributed by atoms with E-state index in [-0.39, 0.29) is 6.03 Å². The molecular weight excluding hydrogens is 392 g/mol. The van der Waals surface area contributed by atoms with E-state index in [2.05, 4.69) is 62.9 Å². The second kappa shape index (κ2) is 7.74. The fourth-order valence-corrected chi connectivity index (χ4v) is 3.14. The summed E-state index contributed by atoms with van der Waals surface area (Å²) in [4.78, 5) is 12.3. The van der Waals surface area contributed by atoms with Crippen LogP contribution in [0.5, 0.6) is 0 Å². The van der Waals surface area contributed by atoms with Gasteiger partial charge >= 0.3 is 6.03 Å². The second-order valence-corrected chi connectivity index (χ2v) is 7.19. The summed E-state index contributed by atoms with van der Waals surface area (Å²) in [6.45, 7) is 6.59. The minimum Gasteiger partial charge on any atom is -0.308 e. The van der Waals surface area contributed by atoms with Gasteiger partial charge in [-0.05, 0) is 44.5 Å². The van der Waals surface area contributed by atoms with Crippen molar-refractivity contribution in [1.29, 1.82) is 0 Å². The van der Waals surface area contributed by atoms with Gasteiger partial charge in [-0.3, -0.25) is 4.68 Å². The number of rotatable bonds is 4. The molecule has 0 saturated heterocycles. The molecule has 6 heteroatoms. The first kappa shape index (κ1) is 18.2. The van der Waals surface area contributed by atoms with Crippen LogP contribution < -0.4 is 10.6 Å². The highest BCUT2D eigenvalue weighted by Crippen LogP contribution is 2.21. The van der Waals surface area contributed by atoms with Crippen LogP contribution in [-0.2, 0) is 6.54 Å². The van der Waals surface area contributed by atoms with Crippen molar-refractivity contribution in [3.8, 4) is 0 Å². The Balaban J connectivity index is 1.73. The van der Waals surface area contributed by atoms with Crippen molar-refractivity contribution in [2.24, 2.45) is 0 Å². The molecule has 1 heterocycles. The number of anilines is 2. The van der Waals surface area contributed by atoms with E-state index in [1.165, 1.54) is 11.1 Å². The molecule has 3 rings (SSSR count). The number of amides is 2. The number of urea groups is 1. The second-order valence-electron chi connectivity index (χ2n) is 6.28. The first-order chi connectivity index (χ1) is 12.4. The van der Waals surface area contributed by atoms with Crippen LogP contribution in [0, 0.1) is 20.8 Å². The highest BCUT2D eigenvalue weighted by atomic mass is 79.9. The lowest BCUT2D eigenvalue weighted by atomic mass is 10.1. The zero-order valence-electron chi connectivity index (χ0n) is 15.0. The van der Waals surface area contributed by atoms with Crippen molar-refractivity contribution in [1.82, 2.24) is 9.78 Å². The Morgan fingerprint density at radius 3 is 2.50 bits per heavy atom. The normalized spacial score (nSPS) is 10.6. The van der Waals surface area contributed by atoms with Gasteiger partial charge in [-0.15, -0.1) is 0 Å². The third-order valence-electron chi connectivity index (χ3n) is 4.16. The minimum atomic E-state index is -0.288. The van der Waals surface area contributed by atoms with Gasteiger partial charge < -0.3 is 10.6 Å². The number of aromatic nitrogens is 2.